The van der Waals surface area contributed by atoms with Crippen molar-refractivity contribution < 1.29 is 14.2 Å². The number of nitriles is 1. The third-order valence-electron chi connectivity index (χ3n) is 4.74. The molecule has 28 heavy (non-hydrogen) atoms. The molecule has 0 spiro atoms. The average molecular weight is 374 g/mol. The minimum absolute atomic E-state index is 0.0515. The van der Waals surface area contributed by atoms with E-state index in [1.165, 1.54) is 0 Å². The predicted molar refractivity (Wildman–Crippen MR) is 103 cm³/mol. The van der Waals surface area contributed by atoms with Gasteiger partial charge in [-0.25, -0.2) is 0 Å². The lowest BCUT2D eigenvalue weighted by molar-refractivity contribution is 0.378. The van der Waals surface area contributed by atoms with E-state index in [1.54, 1.807) is 14.2 Å². The SMILES string of the molecule is COc1ccc(-c2[nH]nc3c2C(c2cccc(OC)c2)C(C#N)=C(N)O3)cc1. The van der Waals surface area contributed by atoms with Gasteiger partial charge in [0.1, 0.15) is 23.1 Å². The summed E-state index contributed by atoms with van der Waals surface area (Å²) in [7, 11) is 3.22. The topological polar surface area (TPSA) is 106 Å². The fourth-order valence-corrected chi connectivity index (χ4v) is 3.38. The highest BCUT2D eigenvalue weighted by molar-refractivity contribution is 5.71. The number of nitrogens with two attached hydrogens (primary N) is 1. The fourth-order valence-electron chi connectivity index (χ4n) is 3.38. The van der Waals surface area contributed by atoms with Crippen LogP contribution in [-0.2, 0) is 0 Å². The Morgan fingerprint density at radius 2 is 1.86 bits per heavy atom. The van der Waals surface area contributed by atoms with Crippen molar-refractivity contribution in [3.8, 4) is 34.7 Å². The van der Waals surface area contributed by atoms with Crippen molar-refractivity contribution in [1.29, 1.82) is 5.26 Å². The summed E-state index contributed by atoms with van der Waals surface area (Å²) >= 11 is 0. The molecule has 1 aliphatic heterocycles. The third kappa shape index (κ3) is 2.81. The quantitative estimate of drug-likeness (QED) is 0.726. The van der Waals surface area contributed by atoms with Gasteiger partial charge in [0.25, 0.3) is 0 Å². The van der Waals surface area contributed by atoms with Gasteiger partial charge < -0.3 is 19.9 Å². The first-order valence-electron chi connectivity index (χ1n) is 8.60. The van der Waals surface area contributed by atoms with E-state index in [2.05, 4.69) is 16.3 Å². The van der Waals surface area contributed by atoms with Gasteiger partial charge in [-0.3, -0.25) is 5.10 Å². The van der Waals surface area contributed by atoms with E-state index < -0.39 is 5.92 Å². The van der Waals surface area contributed by atoms with Crippen molar-refractivity contribution in [3.05, 3.63) is 71.1 Å². The molecule has 2 aromatic carbocycles. The number of H-pyrrole nitrogens is 1. The number of aromatic amines is 1. The number of rotatable bonds is 4. The summed E-state index contributed by atoms with van der Waals surface area (Å²) in [5.74, 6) is 1.42. The summed E-state index contributed by atoms with van der Waals surface area (Å²) in [6, 6.07) is 17.3. The second kappa shape index (κ2) is 7.00. The molecule has 0 radical (unpaired) electrons. The Morgan fingerprint density at radius 1 is 1.11 bits per heavy atom. The van der Waals surface area contributed by atoms with Gasteiger partial charge in [-0.1, -0.05) is 12.1 Å². The lowest BCUT2D eigenvalue weighted by atomic mass is 9.83. The Balaban J connectivity index is 1.91. The summed E-state index contributed by atoms with van der Waals surface area (Å²) in [6.07, 6.45) is 0. The lowest BCUT2D eigenvalue weighted by Gasteiger charge is -2.24. The van der Waals surface area contributed by atoms with E-state index >= 15 is 0 Å². The average Bonchev–Trinajstić information content (AvgIpc) is 3.16. The first-order valence-corrected chi connectivity index (χ1v) is 8.60. The van der Waals surface area contributed by atoms with E-state index in [4.69, 9.17) is 19.9 Å². The van der Waals surface area contributed by atoms with Gasteiger partial charge in [0.2, 0.25) is 11.8 Å². The second-order valence-electron chi connectivity index (χ2n) is 6.25. The molecule has 0 saturated heterocycles. The first kappa shape index (κ1) is 17.5. The standard InChI is InChI=1S/C21H18N4O3/c1-26-14-8-6-12(7-9-14)19-18-17(13-4-3-5-15(10-13)27-2)16(11-22)20(23)28-21(18)25-24-19/h3-10,17H,23H2,1-2H3,(H,24,25). The van der Waals surface area contributed by atoms with Crippen molar-refractivity contribution >= 4 is 0 Å². The number of aromatic nitrogens is 2. The molecule has 1 unspecified atom stereocenters. The molecule has 2 heterocycles. The van der Waals surface area contributed by atoms with Crippen molar-refractivity contribution in [3.63, 3.8) is 0 Å². The maximum Gasteiger partial charge on any atom is 0.244 e. The number of ether oxygens (including phenoxy) is 3. The smallest absolute Gasteiger partial charge is 0.244 e. The molecule has 3 N–H and O–H groups in total. The Kier molecular flexibility index (Phi) is 4.38. The summed E-state index contributed by atoms with van der Waals surface area (Å²) in [6.45, 7) is 0. The maximum absolute atomic E-state index is 9.77. The summed E-state index contributed by atoms with van der Waals surface area (Å²) < 4.78 is 16.2. The van der Waals surface area contributed by atoms with E-state index in [1.807, 2.05) is 48.5 Å². The molecule has 7 nitrogen and oxygen atoms in total. The number of benzene rings is 2. The lowest BCUT2D eigenvalue weighted by Crippen LogP contribution is -2.21. The molecule has 0 bridgehead atoms. The highest BCUT2D eigenvalue weighted by Crippen LogP contribution is 2.46. The zero-order valence-electron chi connectivity index (χ0n) is 15.4. The molecule has 140 valence electrons. The number of nitrogens with zero attached hydrogens (tertiary/aromatic N) is 2. The van der Waals surface area contributed by atoms with Crippen LogP contribution in [-0.4, -0.2) is 24.4 Å². The number of fused-ring (bicyclic) bond motifs is 1. The van der Waals surface area contributed by atoms with Crippen LogP contribution in [0.3, 0.4) is 0 Å². The number of methoxy groups -OCH3 is 2. The van der Waals surface area contributed by atoms with Crippen molar-refractivity contribution in [2.75, 3.05) is 14.2 Å². The molecule has 1 aliphatic rings. The van der Waals surface area contributed by atoms with Gasteiger partial charge in [0, 0.05) is 5.56 Å². The van der Waals surface area contributed by atoms with Gasteiger partial charge in [0.05, 0.1) is 31.4 Å². The molecule has 3 aromatic rings. The fraction of sp³-hybridized carbons (Fsp3) is 0.143. The second-order valence-corrected chi connectivity index (χ2v) is 6.25. The zero-order chi connectivity index (χ0) is 19.7. The van der Waals surface area contributed by atoms with Crippen LogP contribution >= 0.6 is 0 Å². The molecule has 0 aliphatic carbocycles. The molecule has 0 fully saturated rings. The zero-order valence-corrected chi connectivity index (χ0v) is 15.4. The van der Waals surface area contributed by atoms with Crippen LogP contribution in [0.5, 0.6) is 17.4 Å². The summed E-state index contributed by atoms with van der Waals surface area (Å²) in [4.78, 5) is 0. The van der Waals surface area contributed by atoms with Crippen LogP contribution in [0.1, 0.15) is 17.0 Å². The number of allylic oxidation sites excluding steroid dienone is 1. The predicted octanol–water partition coefficient (Wildman–Crippen LogP) is 3.31. The molecule has 0 amide bonds. The van der Waals surface area contributed by atoms with Crippen molar-refractivity contribution in [2.45, 2.75) is 5.92 Å². The summed E-state index contributed by atoms with van der Waals surface area (Å²) in [5.41, 5.74) is 9.61. The van der Waals surface area contributed by atoms with Crippen LogP contribution in [0.25, 0.3) is 11.3 Å². The van der Waals surface area contributed by atoms with Gasteiger partial charge in [-0.2, -0.15) is 5.26 Å². The highest BCUT2D eigenvalue weighted by atomic mass is 16.5. The van der Waals surface area contributed by atoms with E-state index in [0.29, 0.717) is 17.2 Å². The number of hydrogen-bond acceptors (Lipinski definition) is 6. The molecule has 0 saturated carbocycles. The van der Waals surface area contributed by atoms with E-state index in [-0.39, 0.29) is 5.88 Å². The van der Waals surface area contributed by atoms with Crippen LogP contribution in [0, 0.1) is 11.3 Å². The monoisotopic (exact) mass is 374 g/mol. The van der Waals surface area contributed by atoms with Crippen molar-refractivity contribution in [1.82, 2.24) is 10.2 Å². The van der Waals surface area contributed by atoms with Crippen LogP contribution in [0.15, 0.2) is 60.0 Å². The van der Waals surface area contributed by atoms with Crippen LogP contribution in [0.4, 0.5) is 0 Å². The summed E-state index contributed by atoms with van der Waals surface area (Å²) in [5, 5.41) is 17.1. The normalized spacial score (nSPS) is 15.4. The minimum atomic E-state index is -0.431. The molecule has 1 aromatic heterocycles. The number of nitrogens with one attached hydrogen (secondary N) is 1. The Bertz CT molecular complexity index is 1090. The van der Waals surface area contributed by atoms with Gasteiger partial charge >= 0.3 is 0 Å². The Labute approximate surface area is 162 Å². The van der Waals surface area contributed by atoms with Crippen molar-refractivity contribution in [2.24, 2.45) is 5.73 Å². The Morgan fingerprint density at radius 3 is 2.54 bits per heavy atom. The molecule has 7 heteroatoms. The number of hydrogen-bond donors (Lipinski definition) is 2. The van der Waals surface area contributed by atoms with E-state index in [0.717, 1.165) is 28.1 Å². The molecule has 4 rings (SSSR count). The van der Waals surface area contributed by atoms with Gasteiger partial charge in [-0.15, -0.1) is 5.10 Å². The van der Waals surface area contributed by atoms with Crippen LogP contribution in [0.2, 0.25) is 0 Å². The van der Waals surface area contributed by atoms with E-state index in [9.17, 15) is 5.26 Å². The third-order valence-corrected chi connectivity index (χ3v) is 4.74. The van der Waals surface area contributed by atoms with Gasteiger partial charge in [0.15, 0.2) is 0 Å². The minimum Gasteiger partial charge on any atom is -0.497 e. The Hall–Kier alpha value is -3.92. The van der Waals surface area contributed by atoms with Gasteiger partial charge in [-0.05, 0) is 42.0 Å². The largest absolute Gasteiger partial charge is 0.497 e. The molecular weight excluding hydrogens is 356 g/mol. The molecular formula is C21H18N4O3. The molecule has 1 atom stereocenters. The highest BCUT2D eigenvalue weighted by Gasteiger charge is 2.35. The first-order chi connectivity index (χ1) is 13.7. The van der Waals surface area contributed by atoms with Crippen LogP contribution < -0.4 is 19.9 Å². The maximum atomic E-state index is 9.77.